The molecule has 0 fully saturated rings. The lowest BCUT2D eigenvalue weighted by Gasteiger charge is -2.05. The molecular weight excluding hydrogens is 284 g/mol. The van der Waals surface area contributed by atoms with Gasteiger partial charge in [-0.05, 0) is 31.5 Å². The van der Waals surface area contributed by atoms with Crippen LogP contribution in [0.15, 0.2) is 36.4 Å². The van der Waals surface area contributed by atoms with Crippen molar-refractivity contribution in [3.8, 4) is 16.5 Å². The van der Waals surface area contributed by atoms with E-state index in [4.69, 9.17) is 5.26 Å². The minimum Gasteiger partial charge on any atom is -0.316 e. The molecule has 106 valence electrons. The number of Topliss-reactive ketones (excluding diaryl/α,β-unsaturated/α-hetero) is 1. The van der Waals surface area contributed by atoms with Crippen molar-refractivity contribution in [3.05, 3.63) is 42.0 Å². The van der Waals surface area contributed by atoms with E-state index in [9.17, 15) is 9.59 Å². The van der Waals surface area contributed by atoms with Crippen molar-refractivity contribution in [3.63, 3.8) is 0 Å². The molecule has 2 aromatic rings. The summed E-state index contributed by atoms with van der Waals surface area (Å²) in [7, 11) is 0. The molecule has 0 aliphatic heterocycles. The first-order valence-corrected chi connectivity index (χ1v) is 7.20. The number of rotatable bonds is 4. The number of carbonyl (C=O) groups is 2. The van der Waals surface area contributed by atoms with Crippen molar-refractivity contribution < 1.29 is 9.59 Å². The minimum atomic E-state index is -1.25. The fraction of sp³-hybridized carbons (Fsp3) is 0.188. The van der Waals surface area contributed by atoms with Crippen LogP contribution in [0.4, 0.5) is 5.00 Å². The molecule has 0 bridgehead atoms. The van der Waals surface area contributed by atoms with E-state index >= 15 is 0 Å². The summed E-state index contributed by atoms with van der Waals surface area (Å²) in [4.78, 5) is 24.0. The summed E-state index contributed by atoms with van der Waals surface area (Å²) in [5.41, 5.74) is 2.25. The number of carbonyl (C=O) groups excluding carboxylic acids is 2. The van der Waals surface area contributed by atoms with Crippen molar-refractivity contribution in [2.75, 3.05) is 5.32 Å². The van der Waals surface area contributed by atoms with Crippen LogP contribution in [-0.2, 0) is 9.59 Å². The summed E-state index contributed by atoms with van der Waals surface area (Å²) in [6.45, 7) is 3.26. The van der Waals surface area contributed by atoms with Crippen LogP contribution in [0.25, 0.3) is 10.4 Å². The SMILES string of the molecule is CC(=O)C(C#N)C(=O)Nc1ccc(-c2ccc(C)cc2)s1. The number of aryl methyl sites for hydroxylation is 1. The first kappa shape index (κ1) is 14.9. The number of amides is 1. The molecule has 4 nitrogen and oxygen atoms in total. The van der Waals surface area contributed by atoms with E-state index in [1.54, 1.807) is 12.1 Å². The fourth-order valence-electron chi connectivity index (χ4n) is 1.81. The van der Waals surface area contributed by atoms with Crippen molar-refractivity contribution in [1.82, 2.24) is 0 Å². The van der Waals surface area contributed by atoms with E-state index in [2.05, 4.69) is 5.32 Å². The van der Waals surface area contributed by atoms with Gasteiger partial charge >= 0.3 is 0 Å². The average Bonchev–Trinajstić information content (AvgIpc) is 2.88. The molecule has 0 saturated heterocycles. The summed E-state index contributed by atoms with van der Waals surface area (Å²) < 4.78 is 0. The summed E-state index contributed by atoms with van der Waals surface area (Å²) in [5, 5.41) is 12.1. The van der Waals surface area contributed by atoms with Crippen LogP contribution in [-0.4, -0.2) is 11.7 Å². The van der Waals surface area contributed by atoms with Crippen LogP contribution in [0.3, 0.4) is 0 Å². The Morgan fingerprint density at radius 1 is 1.19 bits per heavy atom. The zero-order valence-electron chi connectivity index (χ0n) is 11.7. The summed E-state index contributed by atoms with van der Waals surface area (Å²) >= 11 is 1.41. The number of nitriles is 1. The number of thiophene rings is 1. The number of benzene rings is 1. The number of ketones is 1. The molecule has 1 unspecified atom stereocenters. The lowest BCUT2D eigenvalue weighted by Crippen LogP contribution is -2.26. The average molecular weight is 298 g/mol. The first-order valence-electron chi connectivity index (χ1n) is 6.39. The maximum Gasteiger partial charge on any atom is 0.249 e. The molecule has 21 heavy (non-hydrogen) atoms. The molecule has 5 heteroatoms. The zero-order valence-corrected chi connectivity index (χ0v) is 12.5. The van der Waals surface area contributed by atoms with Gasteiger partial charge in [0.1, 0.15) is 0 Å². The quantitative estimate of drug-likeness (QED) is 0.879. The Kier molecular flexibility index (Phi) is 4.51. The van der Waals surface area contributed by atoms with Gasteiger partial charge < -0.3 is 5.32 Å². The Hall–Kier alpha value is -2.45. The third kappa shape index (κ3) is 3.56. The van der Waals surface area contributed by atoms with Crippen LogP contribution in [0.5, 0.6) is 0 Å². The normalized spacial score (nSPS) is 11.5. The number of anilines is 1. The van der Waals surface area contributed by atoms with E-state index in [1.165, 1.54) is 23.8 Å². The maximum atomic E-state index is 11.8. The number of nitrogens with one attached hydrogen (secondary N) is 1. The molecule has 0 aliphatic carbocycles. The highest BCUT2D eigenvalue weighted by atomic mass is 32.1. The first-order chi connectivity index (χ1) is 10.0. The fourth-order valence-corrected chi connectivity index (χ4v) is 2.72. The summed E-state index contributed by atoms with van der Waals surface area (Å²) in [6, 6.07) is 13.5. The van der Waals surface area contributed by atoms with Gasteiger partial charge in [-0.3, -0.25) is 9.59 Å². The van der Waals surface area contributed by atoms with Gasteiger partial charge in [0.05, 0.1) is 11.1 Å². The zero-order chi connectivity index (χ0) is 15.4. The highest BCUT2D eigenvalue weighted by Crippen LogP contribution is 2.31. The molecule has 0 spiro atoms. The maximum absolute atomic E-state index is 11.8. The Morgan fingerprint density at radius 2 is 1.86 bits per heavy atom. The second-order valence-electron chi connectivity index (χ2n) is 4.69. The standard InChI is InChI=1S/C16H14N2O2S/c1-10-3-5-12(6-4-10)14-7-8-15(21-14)18-16(20)13(9-17)11(2)19/h3-8,13H,1-2H3,(H,18,20). The Bertz CT molecular complexity index is 711. The van der Waals surface area contributed by atoms with Crippen molar-refractivity contribution in [2.45, 2.75) is 13.8 Å². The Balaban J connectivity index is 2.14. The second kappa shape index (κ2) is 6.33. The Morgan fingerprint density at radius 3 is 2.43 bits per heavy atom. The molecule has 1 aromatic heterocycles. The van der Waals surface area contributed by atoms with Crippen molar-refractivity contribution >= 4 is 28.0 Å². The molecule has 1 amide bonds. The molecule has 0 radical (unpaired) electrons. The van der Waals surface area contributed by atoms with E-state index in [-0.39, 0.29) is 0 Å². The lowest BCUT2D eigenvalue weighted by molar-refractivity contribution is -0.127. The van der Waals surface area contributed by atoms with Crippen LogP contribution >= 0.6 is 11.3 Å². The highest BCUT2D eigenvalue weighted by molar-refractivity contribution is 7.19. The molecule has 1 heterocycles. The highest BCUT2D eigenvalue weighted by Gasteiger charge is 2.23. The van der Waals surface area contributed by atoms with E-state index in [0.717, 1.165) is 10.4 Å². The predicted molar refractivity (Wildman–Crippen MR) is 82.9 cm³/mol. The lowest BCUT2D eigenvalue weighted by atomic mass is 10.1. The van der Waals surface area contributed by atoms with Crippen LogP contribution in [0, 0.1) is 24.2 Å². The molecular formula is C16H14N2O2S. The second-order valence-corrected chi connectivity index (χ2v) is 5.78. The van der Waals surface area contributed by atoms with Crippen molar-refractivity contribution in [1.29, 1.82) is 5.26 Å². The predicted octanol–water partition coefficient (Wildman–Crippen LogP) is 3.39. The van der Waals surface area contributed by atoms with Gasteiger partial charge in [-0.15, -0.1) is 11.3 Å². The van der Waals surface area contributed by atoms with Gasteiger partial charge in [-0.2, -0.15) is 5.26 Å². The summed E-state index contributed by atoms with van der Waals surface area (Å²) in [6.07, 6.45) is 0. The van der Waals surface area contributed by atoms with E-state index in [1.807, 2.05) is 37.3 Å². The largest absolute Gasteiger partial charge is 0.316 e. The molecule has 1 atom stereocenters. The van der Waals surface area contributed by atoms with Gasteiger partial charge in [-0.25, -0.2) is 0 Å². The molecule has 1 aromatic carbocycles. The van der Waals surface area contributed by atoms with Gasteiger partial charge in [0, 0.05) is 4.88 Å². The van der Waals surface area contributed by atoms with Gasteiger partial charge in [-0.1, -0.05) is 29.8 Å². The third-order valence-electron chi connectivity index (χ3n) is 2.99. The molecule has 0 saturated carbocycles. The number of hydrogen-bond acceptors (Lipinski definition) is 4. The van der Waals surface area contributed by atoms with Crippen molar-refractivity contribution in [2.24, 2.45) is 5.92 Å². The summed E-state index contributed by atoms with van der Waals surface area (Å²) in [5.74, 6) is -2.29. The van der Waals surface area contributed by atoms with Gasteiger partial charge in [0.15, 0.2) is 11.7 Å². The van der Waals surface area contributed by atoms with Crippen LogP contribution < -0.4 is 5.32 Å². The van der Waals surface area contributed by atoms with E-state index in [0.29, 0.717) is 5.00 Å². The molecule has 1 N–H and O–H groups in total. The third-order valence-corrected chi connectivity index (χ3v) is 4.04. The van der Waals surface area contributed by atoms with E-state index < -0.39 is 17.6 Å². The molecule has 0 aliphatic rings. The number of hydrogen-bond donors (Lipinski definition) is 1. The van der Waals surface area contributed by atoms with Gasteiger partial charge in [0.2, 0.25) is 5.91 Å². The molecule has 2 rings (SSSR count). The smallest absolute Gasteiger partial charge is 0.249 e. The number of nitrogens with zero attached hydrogens (tertiary/aromatic N) is 1. The topological polar surface area (TPSA) is 70.0 Å². The monoisotopic (exact) mass is 298 g/mol. The van der Waals surface area contributed by atoms with Gasteiger partial charge in [0.25, 0.3) is 0 Å². The minimum absolute atomic E-state index is 0.453. The Labute approximate surface area is 127 Å². The van der Waals surface area contributed by atoms with Crippen LogP contribution in [0.2, 0.25) is 0 Å². The van der Waals surface area contributed by atoms with Crippen LogP contribution in [0.1, 0.15) is 12.5 Å².